The number of fused-ring (bicyclic) bond motifs is 1. The fraction of sp³-hybridized carbons (Fsp3) is 0.261. The van der Waals surface area contributed by atoms with Crippen molar-refractivity contribution in [2.75, 3.05) is 0 Å². The molecular formula is C23H23F3N4O3. The first-order valence-electron chi connectivity index (χ1n) is 10.0. The number of carbonyl (C=O) groups is 1. The predicted octanol–water partition coefficient (Wildman–Crippen LogP) is 5.13. The Morgan fingerprint density at radius 2 is 1.73 bits per heavy atom. The van der Waals surface area contributed by atoms with Crippen molar-refractivity contribution in [1.29, 1.82) is 0 Å². The van der Waals surface area contributed by atoms with Gasteiger partial charge in [0.15, 0.2) is 0 Å². The quantitative estimate of drug-likeness (QED) is 0.457. The first-order valence-corrected chi connectivity index (χ1v) is 10.0. The van der Waals surface area contributed by atoms with Gasteiger partial charge >= 0.3 is 12.1 Å². The molecule has 0 saturated carbocycles. The van der Waals surface area contributed by atoms with E-state index in [2.05, 4.69) is 51.9 Å². The molecule has 0 aliphatic rings. The van der Waals surface area contributed by atoms with Crippen molar-refractivity contribution >= 4 is 11.6 Å². The molecule has 7 nitrogen and oxygen atoms in total. The summed E-state index contributed by atoms with van der Waals surface area (Å²) in [5.41, 5.74) is 6.47. The number of aromatic nitrogens is 4. The Morgan fingerprint density at radius 3 is 2.24 bits per heavy atom. The molecule has 10 heteroatoms. The van der Waals surface area contributed by atoms with Gasteiger partial charge in [-0.3, -0.25) is 9.08 Å². The first kappa shape index (κ1) is 23.8. The molecule has 0 amide bonds. The largest absolute Gasteiger partial charge is 0.491 e. The van der Waals surface area contributed by atoms with Gasteiger partial charge < -0.3 is 9.84 Å². The van der Waals surface area contributed by atoms with Gasteiger partial charge in [0, 0.05) is 24.5 Å². The summed E-state index contributed by atoms with van der Waals surface area (Å²) in [5, 5.41) is 11.5. The molecule has 0 unspecified atom stereocenters. The number of rotatable bonds is 4. The van der Waals surface area contributed by atoms with E-state index in [4.69, 9.17) is 14.6 Å². The monoisotopic (exact) mass is 460 g/mol. The van der Waals surface area contributed by atoms with E-state index in [1.807, 2.05) is 50.1 Å². The van der Waals surface area contributed by atoms with Gasteiger partial charge in [0.05, 0.1) is 24.2 Å². The number of imidazole rings is 1. The maximum atomic E-state index is 10.6. The van der Waals surface area contributed by atoms with Gasteiger partial charge in [0.25, 0.3) is 0 Å². The minimum Gasteiger partial charge on any atom is -0.491 e. The number of benzene rings is 1. The summed E-state index contributed by atoms with van der Waals surface area (Å²) >= 11 is 0. The van der Waals surface area contributed by atoms with Crippen LogP contribution in [0.5, 0.6) is 5.75 Å². The predicted molar refractivity (Wildman–Crippen MR) is 117 cm³/mol. The highest BCUT2D eigenvalue weighted by Gasteiger charge is 2.38. The highest BCUT2D eigenvalue weighted by molar-refractivity contribution is 5.73. The van der Waals surface area contributed by atoms with Crippen LogP contribution >= 0.6 is 0 Å². The Bertz CT molecular complexity index is 1260. The van der Waals surface area contributed by atoms with Gasteiger partial charge in [-0.05, 0) is 56.2 Å². The summed E-state index contributed by atoms with van der Waals surface area (Å²) in [6.07, 6.45) is 0.956. The summed E-state index contributed by atoms with van der Waals surface area (Å²) in [6, 6.07) is 12.4. The van der Waals surface area contributed by atoms with Crippen molar-refractivity contribution in [3.05, 3.63) is 60.7 Å². The molecular weight excluding hydrogens is 437 g/mol. The minimum atomic E-state index is -5.08. The number of ether oxygens (including phenoxy) is 1. The van der Waals surface area contributed by atoms with Crippen LogP contribution in [-0.4, -0.2) is 42.5 Å². The van der Waals surface area contributed by atoms with Gasteiger partial charge in [-0.1, -0.05) is 12.1 Å². The smallest absolute Gasteiger partial charge is 0.490 e. The van der Waals surface area contributed by atoms with Crippen LogP contribution in [0, 0.1) is 6.92 Å². The van der Waals surface area contributed by atoms with Crippen LogP contribution in [0.4, 0.5) is 13.2 Å². The Hall–Kier alpha value is -3.82. The van der Waals surface area contributed by atoms with Crippen LogP contribution in [0.2, 0.25) is 0 Å². The fourth-order valence-corrected chi connectivity index (χ4v) is 3.11. The molecule has 0 aliphatic carbocycles. The summed E-state index contributed by atoms with van der Waals surface area (Å²) in [6.45, 7) is 6.13. The number of aliphatic carboxylic acids is 1. The van der Waals surface area contributed by atoms with Gasteiger partial charge in [0.2, 0.25) is 0 Å². The molecule has 4 aromatic rings. The van der Waals surface area contributed by atoms with Crippen molar-refractivity contribution in [2.24, 2.45) is 7.05 Å². The van der Waals surface area contributed by atoms with Crippen molar-refractivity contribution in [2.45, 2.75) is 33.1 Å². The van der Waals surface area contributed by atoms with Crippen molar-refractivity contribution in [1.82, 2.24) is 19.2 Å². The minimum absolute atomic E-state index is 0.177. The summed E-state index contributed by atoms with van der Waals surface area (Å²) in [5.74, 6) is -1.87. The summed E-state index contributed by atoms with van der Waals surface area (Å²) < 4.78 is 41.4. The zero-order valence-electron chi connectivity index (χ0n) is 18.5. The molecule has 1 N–H and O–H groups in total. The zero-order valence-corrected chi connectivity index (χ0v) is 18.5. The number of hydrogen-bond acceptors (Lipinski definition) is 4. The molecule has 4 rings (SSSR count). The average molecular weight is 460 g/mol. The zero-order chi connectivity index (χ0) is 24.3. The third-order valence-corrected chi connectivity index (χ3v) is 4.83. The Kier molecular flexibility index (Phi) is 6.75. The van der Waals surface area contributed by atoms with E-state index in [1.54, 1.807) is 0 Å². The van der Waals surface area contributed by atoms with Gasteiger partial charge in [-0.15, -0.1) is 0 Å². The van der Waals surface area contributed by atoms with E-state index in [9.17, 15) is 13.2 Å². The molecule has 0 bridgehead atoms. The van der Waals surface area contributed by atoms with Gasteiger partial charge in [0.1, 0.15) is 11.4 Å². The first-order chi connectivity index (χ1) is 15.5. The van der Waals surface area contributed by atoms with E-state index >= 15 is 0 Å². The molecule has 0 radical (unpaired) electrons. The lowest BCUT2D eigenvalue weighted by Gasteiger charge is -2.10. The van der Waals surface area contributed by atoms with Crippen LogP contribution < -0.4 is 4.74 Å². The van der Waals surface area contributed by atoms with Crippen LogP contribution in [0.25, 0.3) is 28.0 Å². The van der Waals surface area contributed by atoms with E-state index < -0.39 is 12.1 Å². The molecule has 174 valence electrons. The lowest BCUT2D eigenvalue weighted by atomic mass is 10.1. The Labute approximate surface area is 188 Å². The third kappa shape index (κ3) is 5.51. The van der Waals surface area contributed by atoms with Crippen LogP contribution in [0.1, 0.15) is 19.5 Å². The number of alkyl halides is 3. The molecule has 0 aliphatic heterocycles. The SMILES string of the molecule is Cc1c(-c2cnc3cc(-c4ccc(OC(C)C)cc4)ccn23)cnn1C.O=C(O)C(F)(F)F. The summed E-state index contributed by atoms with van der Waals surface area (Å²) in [7, 11) is 1.95. The molecule has 0 spiro atoms. The second-order valence-corrected chi connectivity index (χ2v) is 7.55. The van der Waals surface area contributed by atoms with Crippen molar-refractivity contribution < 1.29 is 27.8 Å². The summed E-state index contributed by atoms with van der Waals surface area (Å²) in [4.78, 5) is 13.5. The number of pyridine rings is 1. The second kappa shape index (κ2) is 9.35. The maximum Gasteiger partial charge on any atom is 0.490 e. The molecule has 0 atom stereocenters. The number of carboxylic acid groups (broad SMARTS) is 1. The van der Waals surface area contributed by atoms with Crippen LogP contribution in [0.15, 0.2) is 55.0 Å². The number of aryl methyl sites for hydroxylation is 1. The third-order valence-electron chi connectivity index (χ3n) is 4.83. The van der Waals surface area contributed by atoms with Gasteiger partial charge in [-0.2, -0.15) is 18.3 Å². The number of carboxylic acids is 1. The topological polar surface area (TPSA) is 81.7 Å². The number of hydrogen-bond donors (Lipinski definition) is 1. The van der Waals surface area contributed by atoms with E-state index in [-0.39, 0.29) is 6.10 Å². The Morgan fingerprint density at radius 1 is 1.09 bits per heavy atom. The van der Waals surface area contributed by atoms with E-state index in [1.165, 1.54) is 0 Å². The van der Waals surface area contributed by atoms with E-state index in [0.717, 1.165) is 39.5 Å². The molecule has 0 fully saturated rings. The standard InChI is InChI=1S/C21H22N4O.C2HF3O2/c1-14(2)26-18-7-5-16(6-8-18)17-9-10-25-20(13-22-21(25)11-17)19-12-23-24(4)15(19)3;3-2(4,5)1(6)7/h5-14H,1-4H3;(H,6,7). The molecule has 1 aromatic carbocycles. The van der Waals surface area contributed by atoms with Crippen LogP contribution in [0.3, 0.4) is 0 Å². The number of halogens is 3. The highest BCUT2D eigenvalue weighted by Crippen LogP contribution is 2.28. The van der Waals surface area contributed by atoms with Crippen LogP contribution in [-0.2, 0) is 11.8 Å². The normalized spacial score (nSPS) is 11.4. The lowest BCUT2D eigenvalue weighted by Crippen LogP contribution is -2.21. The lowest BCUT2D eigenvalue weighted by molar-refractivity contribution is -0.192. The second-order valence-electron chi connectivity index (χ2n) is 7.55. The van der Waals surface area contributed by atoms with Crippen molar-refractivity contribution in [3.63, 3.8) is 0 Å². The molecule has 3 heterocycles. The molecule has 0 saturated heterocycles. The Balaban J connectivity index is 0.000000383. The highest BCUT2D eigenvalue weighted by atomic mass is 19.4. The molecule has 3 aromatic heterocycles. The average Bonchev–Trinajstić information content (AvgIpc) is 3.30. The fourth-order valence-electron chi connectivity index (χ4n) is 3.11. The maximum absolute atomic E-state index is 10.6. The number of nitrogens with zero attached hydrogens (tertiary/aromatic N) is 4. The van der Waals surface area contributed by atoms with Gasteiger partial charge in [-0.25, -0.2) is 9.78 Å². The van der Waals surface area contributed by atoms with Crippen molar-refractivity contribution in [3.8, 4) is 28.1 Å². The van der Waals surface area contributed by atoms with E-state index in [0.29, 0.717) is 0 Å². The molecule has 33 heavy (non-hydrogen) atoms.